The van der Waals surface area contributed by atoms with E-state index in [1.54, 1.807) is 0 Å². The number of benzene rings is 1. The van der Waals surface area contributed by atoms with Gasteiger partial charge in [0.2, 0.25) is 12.7 Å². The topological polar surface area (TPSA) is 105 Å². The smallest absolute Gasteiger partial charge is 0.249 e. The first-order valence-corrected chi connectivity index (χ1v) is 11.6. The van der Waals surface area contributed by atoms with E-state index in [1.807, 2.05) is 36.7 Å². The average Bonchev–Trinajstić information content (AvgIpc) is 3.53. The largest absolute Gasteiger partial charge is 0.454 e. The summed E-state index contributed by atoms with van der Waals surface area (Å²) in [6.07, 6.45) is 4.93. The number of hydroxylamine groups is 1. The molecule has 8 nitrogen and oxygen atoms in total. The van der Waals surface area contributed by atoms with Crippen molar-refractivity contribution in [3.63, 3.8) is 0 Å². The molecule has 33 heavy (non-hydrogen) atoms. The van der Waals surface area contributed by atoms with Crippen molar-refractivity contribution in [1.29, 1.82) is 0 Å². The highest BCUT2D eigenvalue weighted by molar-refractivity contribution is 5.93. The van der Waals surface area contributed by atoms with Crippen molar-refractivity contribution >= 4 is 11.7 Å². The number of hydrogen-bond donors (Lipinski definition) is 3. The van der Waals surface area contributed by atoms with Gasteiger partial charge in [-0.3, -0.25) is 20.0 Å². The predicted octanol–water partition coefficient (Wildman–Crippen LogP) is 3.21. The van der Waals surface area contributed by atoms with Gasteiger partial charge in [0.1, 0.15) is 11.4 Å². The Morgan fingerprint density at radius 2 is 1.82 bits per heavy atom. The van der Waals surface area contributed by atoms with Gasteiger partial charge >= 0.3 is 0 Å². The number of amides is 1. The van der Waals surface area contributed by atoms with Gasteiger partial charge < -0.3 is 14.8 Å². The second kappa shape index (κ2) is 7.18. The number of nitrogens with zero attached hydrogens (tertiary/aromatic N) is 2. The van der Waals surface area contributed by atoms with Crippen LogP contribution in [0.1, 0.15) is 55.5 Å². The fourth-order valence-corrected chi connectivity index (χ4v) is 6.18. The van der Waals surface area contributed by atoms with Gasteiger partial charge in [-0.25, -0.2) is 5.48 Å². The Hall–Kier alpha value is -3.13. The van der Waals surface area contributed by atoms with Gasteiger partial charge in [0.05, 0.1) is 17.7 Å². The van der Waals surface area contributed by atoms with Gasteiger partial charge in [-0.2, -0.15) is 0 Å². The third-order valence-electron chi connectivity index (χ3n) is 8.33. The van der Waals surface area contributed by atoms with Crippen molar-refractivity contribution < 1.29 is 19.5 Å². The SMILES string of the molecule is Cc1cccc(C2(c3ccc4c(c3)OCO4)CN=C(C34CCC(C(=O)NO)(CC3)CC4)N2)n1. The van der Waals surface area contributed by atoms with E-state index in [-0.39, 0.29) is 18.1 Å². The number of nitrogens with one attached hydrogen (secondary N) is 2. The minimum atomic E-state index is -0.592. The van der Waals surface area contributed by atoms with Crippen LogP contribution >= 0.6 is 0 Å². The van der Waals surface area contributed by atoms with E-state index < -0.39 is 11.0 Å². The molecular formula is C25H28N4O4. The molecule has 3 N–H and O–H groups in total. The van der Waals surface area contributed by atoms with Crippen LogP contribution in [0.15, 0.2) is 41.4 Å². The number of fused-ring (bicyclic) bond motifs is 4. The highest BCUT2D eigenvalue weighted by atomic mass is 16.7. The summed E-state index contributed by atoms with van der Waals surface area (Å²) in [5, 5.41) is 13.1. The molecule has 3 heterocycles. The summed E-state index contributed by atoms with van der Waals surface area (Å²) in [7, 11) is 0. The molecule has 0 radical (unpaired) electrons. The Morgan fingerprint density at radius 3 is 2.55 bits per heavy atom. The number of ether oxygens (including phenoxy) is 2. The maximum absolute atomic E-state index is 12.3. The lowest BCUT2D eigenvalue weighted by molar-refractivity contribution is -0.147. The zero-order valence-corrected chi connectivity index (χ0v) is 18.7. The molecule has 1 atom stereocenters. The zero-order chi connectivity index (χ0) is 22.7. The summed E-state index contributed by atoms with van der Waals surface area (Å²) < 4.78 is 11.2. The van der Waals surface area contributed by atoms with Gasteiger partial charge in [-0.05, 0) is 75.3 Å². The second-order valence-corrected chi connectivity index (χ2v) is 9.93. The molecule has 8 heteroatoms. The van der Waals surface area contributed by atoms with Gasteiger partial charge in [-0.15, -0.1) is 0 Å². The normalized spacial score (nSPS) is 31.8. The summed E-state index contributed by atoms with van der Waals surface area (Å²) in [4.78, 5) is 22.3. The molecule has 1 amide bonds. The molecule has 2 aliphatic heterocycles. The number of hydrogen-bond acceptors (Lipinski definition) is 7. The van der Waals surface area contributed by atoms with Crippen LogP contribution in [-0.4, -0.2) is 35.3 Å². The number of aromatic nitrogens is 1. The Labute approximate surface area is 192 Å². The van der Waals surface area contributed by atoms with Gasteiger partial charge in [0.25, 0.3) is 0 Å². The quantitative estimate of drug-likeness (QED) is 0.490. The lowest BCUT2D eigenvalue weighted by Crippen LogP contribution is -2.56. The molecule has 3 aliphatic carbocycles. The van der Waals surface area contributed by atoms with Crippen LogP contribution in [0, 0.1) is 17.8 Å². The molecule has 1 unspecified atom stereocenters. The van der Waals surface area contributed by atoms with Crippen molar-refractivity contribution in [2.45, 2.75) is 51.0 Å². The summed E-state index contributed by atoms with van der Waals surface area (Å²) >= 11 is 0. The van der Waals surface area contributed by atoms with Crippen LogP contribution in [0.2, 0.25) is 0 Å². The molecule has 3 saturated carbocycles. The van der Waals surface area contributed by atoms with Crippen LogP contribution in [0.25, 0.3) is 0 Å². The third kappa shape index (κ3) is 2.96. The molecule has 2 aromatic rings. The monoisotopic (exact) mass is 448 g/mol. The Bertz CT molecular complexity index is 1140. The first-order chi connectivity index (χ1) is 16.0. The van der Waals surface area contributed by atoms with E-state index in [4.69, 9.17) is 19.5 Å². The van der Waals surface area contributed by atoms with Crippen molar-refractivity contribution in [2.24, 2.45) is 15.8 Å². The number of amidine groups is 1. The number of rotatable bonds is 4. The molecule has 0 saturated heterocycles. The van der Waals surface area contributed by atoms with E-state index in [1.165, 1.54) is 0 Å². The fourth-order valence-electron chi connectivity index (χ4n) is 6.18. The summed E-state index contributed by atoms with van der Waals surface area (Å²) in [6, 6.07) is 12.1. The number of aliphatic imine (C=N–C) groups is 1. The molecule has 0 spiro atoms. The first kappa shape index (κ1) is 20.5. The maximum atomic E-state index is 12.3. The molecule has 7 rings (SSSR count). The molecule has 172 valence electrons. The van der Waals surface area contributed by atoms with Crippen LogP contribution in [0.5, 0.6) is 11.5 Å². The summed E-state index contributed by atoms with van der Waals surface area (Å²) in [6.45, 7) is 2.78. The standard InChI is InChI=1S/C25H28N4O4/c1-16-3-2-4-20(27-16)25(17-5-6-18-19(13-17)33-15-32-18)14-26-21(28-25)23-7-10-24(11-8-23,12-9-23)22(30)29-31/h2-6,13,31H,7-12,14-15H2,1H3,(H,26,28)(H,29,30). The number of carbonyl (C=O) groups is 1. The average molecular weight is 449 g/mol. The van der Waals surface area contributed by atoms with Crippen LogP contribution in [0.4, 0.5) is 0 Å². The minimum absolute atomic E-state index is 0.0700. The van der Waals surface area contributed by atoms with Gasteiger partial charge in [-0.1, -0.05) is 12.1 Å². The Kier molecular flexibility index (Phi) is 4.46. The molecule has 2 bridgehead atoms. The molecule has 5 aliphatic rings. The van der Waals surface area contributed by atoms with Crippen molar-refractivity contribution in [3.05, 3.63) is 53.3 Å². The van der Waals surface area contributed by atoms with Crippen molar-refractivity contribution in [1.82, 2.24) is 15.8 Å². The van der Waals surface area contributed by atoms with E-state index >= 15 is 0 Å². The lowest BCUT2D eigenvalue weighted by atomic mass is 9.53. The molecule has 3 fully saturated rings. The number of pyridine rings is 1. The first-order valence-electron chi connectivity index (χ1n) is 11.6. The van der Waals surface area contributed by atoms with Crippen molar-refractivity contribution in [2.75, 3.05) is 13.3 Å². The summed E-state index contributed by atoms with van der Waals surface area (Å²) in [5.74, 6) is 2.27. The summed E-state index contributed by atoms with van der Waals surface area (Å²) in [5.41, 5.74) is 3.72. The highest BCUT2D eigenvalue weighted by Crippen LogP contribution is 2.58. The van der Waals surface area contributed by atoms with E-state index in [0.717, 1.165) is 72.8 Å². The van der Waals surface area contributed by atoms with Crippen molar-refractivity contribution in [3.8, 4) is 11.5 Å². The fraction of sp³-hybridized carbons (Fsp3) is 0.480. The van der Waals surface area contributed by atoms with Crippen LogP contribution in [0.3, 0.4) is 0 Å². The third-order valence-corrected chi connectivity index (χ3v) is 8.33. The molecule has 1 aromatic heterocycles. The Morgan fingerprint density at radius 1 is 1.06 bits per heavy atom. The van der Waals surface area contributed by atoms with E-state index in [9.17, 15) is 10.0 Å². The maximum Gasteiger partial charge on any atom is 0.249 e. The molecular weight excluding hydrogens is 420 g/mol. The number of carbonyl (C=O) groups excluding carboxylic acids is 1. The lowest BCUT2D eigenvalue weighted by Gasteiger charge is -2.52. The molecule has 1 aromatic carbocycles. The van der Waals surface area contributed by atoms with E-state index in [2.05, 4.69) is 17.4 Å². The van der Waals surface area contributed by atoms with Gasteiger partial charge in [0, 0.05) is 11.1 Å². The predicted molar refractivity (Wildman–Crippen MR) is 120 cm³/mol. The Balaban J connectivity index is 1.35. The highest BCUT2D eigenvalue weighted by Gasteiger charge is 2.56. The van der Waals surface area contributed by atoms with Crippen LogP contribution < -0.4 is 20.3 Å². The zero-order valence-electron chi connectivity index (χ0n) is 18.7. The van der Waals surface area contributed by atoms with Crippen LogP contribution in [-0.2, 0) is 10.3 Å². The number of aryl methyl sites for hydroxylation is 1. The minimum Gasteiger partial charge on any atom is -0.454 e. The van der Waals surface area contributed by atoms with E-state index in [0.29, 0.717) is 6.54 Å². The van der Waals surface area contributed by atoms with Gasteiger partial charge in [0.15, 0.2) is 11.5 Å². The second-order valence-electron chi connectivity index (χ2n) is 9.93.